The summed E-state index contributed by atoms with van der Waals surface area (Å²) in [7, 11) is 2.01. The van der Waals surface area contributed by atoms with Crippen molar-refractivity contribution in [1.82, 2.24) is 19.7 Å². The van der Waals surface area contributed by atoms with E-state index in [0.29, 0.717) is 22.7 Å². The van der Waals surface area contributed by atoms with Crippen molar-refractivity contribution in [2.45, 2.75) is 32.1 Å². The lowest BCUT2D eigenvalue weighted by Gasteiger charge is -2.05. The number of imidazole rings is 1. The van der Waals surface area contributed by atoms with Gasteiger partial charge < -0.3 is 9.09 Å². The largest absolute Gasteiger partial charge is 0.339 e. The Kier molecular flexibility index (Phi) is 3.27. The second-order valence-electron chi connectivity index (χ2n) is 6.20. The third-order valence-electron chi connectivity index (χ3n) is 4.68. The average Bonchev–Trinajstić information content (AvgIpc) is 2.95. The first-order valence-electron chi connectivity index (χ1n) is 7.62. The summed E-state index contributed by atoms with van der Waals surface area (Å²) in [6.07, 6.45) is 4.74. The first-order valence-corrected chi connectivity index (χ1v) is 8.00. The van der Waals surface area contributed by atoms with Gasteiger partial charge in [0, 0.05) is 36.3 Å². The SMILES string of the molecule is Cc1ccc(-c2noc([C@@H]3C[C@H]3c3cncn3C)n2)c(Cl)c1C. The van der Waals surface area contributed by atoms with Gasteiger partial charge in [-0.3, -0.25) is 0 Å². The molecule has 0 radical (unpaired) electrons. The molecule has 0 bridgehead atoms. The number of nitrogens with zero attached hydrogens (tertiary/aromatic N) is 4. The zero-order chi connectivity index (χ0) is 16.1. The molecule has 0 amide bonds. The molecular weight excluding hydrogens is 312 g/mol. The van der Waals surface area contributed by atoms with Crippen molar-refractivity contribution in [3.05, 3.63) is 52.4 Å². The van der Waals surface area contributed by atoms with Crippen LogP contribution in [0.3, 0.4) is 0 Å². The molecule has 1 aliphatic rings. The highest BCUT2D eigenvalue weighted by Gasteiger charge is 2.45. The molecule has 4 rings (SSSR count). The molecule has 1 aliphatic carbocycles. The van der Waals surface area contributed by atoms with Crippen LogP contribution in [0.1, 0.15) is 41.0 Å². The molecule has 23 heavy (non-hydrogen) atoms. The Morgan fingerprint density at radius 1 is 1.26 bits per heavy atom. The highest BCUT2D eigenvalue weighted by Crippen LogP contribution is 2.54. The van der Waals surface area contributed by atoms with Gasteiger partial charge in [-0.1, -0.05) is 22.8 Å². The van der Waals surface area contributed by atoms with E-state index < -0.39 is 0 Å². The molecule has 0 spiro atoms. The number of hydrogen-bond donors (Lipinski definition) is 0. The van der Waals surface area contributed by atoms with Crippen molar-refractivity contribution >= 4 is 11.6 Å². The van der Waals surface area contributed by atoms with Crippen LogP contribution in [0.15, 0.2) is 29.2 Å². The first-order chi connectivity index (χ1) is 11.1. The van der Waals surface area contributed by atoms with E-state index in [-0.39, 0.29) is 5.92 Å². The van der Waals surface area contributed by atoms with E-state index in [0.717, 1.165) is 23.1 Å². The van der Waals surface area contributed by atoms with E-state index in [1.807, 2.05) is 50.1 Å². The molecule has 0 aliphatic heterocycles. The molecule has 1 fully saturated rings. The predicted molar refractivity (Wildman–Crippen MR) is 87.5 cm³/mol. The first kappa shape index (κ1) is 14.5. The number of benzene rings is 1. The third kappa shape index (κ3) is 2.36. The quantitative estimate of drug-likeness (QED) is 0.729. The number of aromatic nitrogens is 4. The van der Waals surface area contributed by atoms with Crippen LogP contribution in [0.25, 0.3) is 11.4 Å². The maximum absolute atomic E-state index is 6.43. The lowest BCUT2D eigenvalue weighted by Crippen LogP contribution is -1.93. The van der Waals surface area contributed by atoms with Crippen LogP contribution in [0, 0.1) is 13.8 Å². The summed E-state index contributed by atoms with van der Waals surface area (Å²) >= 11 is 6.43. The van der Waals surface area contributed by atoms with Gasteiger partial charge in [-0.2, -0.15) is 4.98 Å². The maximum Gasteiger partial charge on any atom is 0.230 e. The summed E-state index contributed by atoms with van der Waals surface area (Å²) in [6, 6.07) is 3.98. The molecule has 2 heterocycles. The van der Waals surface area contributed by atoms with Gasteiger partial charge in [0.25, 0.3) is 0 Å². The fraction of sp³-hybridized carbons (Fsp3) is 0.353. The molecule has 2 atom stereocenters. The monoisotopic (exact) mass is 328 g/mol. The molecule has 3 aromatic rings. The van der Waals surface area contributed by atoms with Crippen molar-refractivity contribution in [2.24, 2.45) is 7.05 Å². The second-order valence-corrected chi connectivity index (χ2v) is 6.58. The molecule has 118 valence electrons. The van der Waals surface area contributed by atoms with Crippen LogP contribution in [-0.4, -0.2) is 19.7 Å². The predicted octanol–water partition coefficient (Wildman–Crippen LogP) is 4.01. The van der Waals surface area contributed by atoms with E-state index in [2.05, 4.69) is 15.1 Å². The minimum atomic E-state index is 0.275. The van der Waals surface area contributed by atoms with E-state index >= 15 is 0 Å². The number of hydrogen-bond acceptors (Lipinski definition) is 4. The number of rotatable bonds is 3. The lowest BCUT2D eigenvalue weighted by atomic mass is 10.1. The Hall–Kier alpha value is -2.14. The van der Waals surface area contributed by atoms with Crippen LogP contribution in [0.2, 0.25) is 5.02 Å². The fourth-order valence-corrected chi connectivity index (χ4v) is 3.27. The van der Waals surface area contributed by atoms with Crippen LogP contribution in [-0.2, 0) is 7.05 Å². The summed E-state index contributed by atoms with van der Waals surface area (Å²) in [5.74, 6) is 1.92. The molecular formula is C17H17ClN4O. The van der Waals surface area contributed by atoms with Gasteiger partial charge in [-0.05, 0) is 37.5 Å². The van der Waals surface area contributed by atoms with Crippen LogP contribution in [0.5, 0.6) is 0 Å². The van der Waals surface area contributed by atoms with Gasteiger partial charge in [-0.15, -0.1) is 0 Å². The molecule has 0 N–H and O–H groups in total. The topological polar surface area (TPSA) is 56.7 Å². The van der Waals surface area contributed by atoms with Crippen LogP contribution in [0.4, 0.5) is 0 Å². The van der Waals surface area contributed by atoms with Gasteiger partial charge in [0.1, 0.15) is 0 Å². The van der Waals surface area contributed by atoms with E-state index in [4.69, 9.17) is 16.1 Å². The van der Waals surface area contributed by atoms with E-state index in [1.54, 1.807) is 0 Å². The van der Waals surface area contributed by atoms with Gasteiger partial charge in [0.05, 0.1) is 11.3 Å². The number of aryl methyl sites for hydroxylation is 2. The van der Waals surface area contributed by atoms with Gasteiger partial charge >= 0.3 is 0 Å². The Balaban J connectivity index is 1.62. The molecule has 1 saturated carbocycles. The van der Waals surface area contributed by atoms with E-state index in [9.17, 15) is 0 Å². The summed E-state index contributed by atoms with van der Waals surface area (Å²) in [5, 5.41) is 4.82. The molecule has 5 nitrogen and oxygen atoms in total. The third-order valence-corrected chi connectivity index (χ3v) is 5.17. The normalized spacial score (nSPS) is 20.0. The van der Waals surface area contributed by atoms with Crippen molar-refractivity contribution < 1.29 is 4.52 Å². The summed E-state index contributed by atoms with van der Waals surface area (Å²) in [5.41, 5.74) is 4.23. The fourth-order valence-electron chi connectivity index (χ4n) is 2.97. The minimum Gasteiger partial charge on any atom is -0.339 e. The Morgan fingerprint density at radius 3 is 2.83 bits per heavy atom. The molecule has 0 unspecified atom stereocenters. The maximum atomic E-state index is 6.43. The smallest absolute Gasteiger partial charge is 0.230 e. The van der Waals surface area contributed by atoms with Crippen molar-refractivity contribution in [3.63, 3.8) is 0 Å². The van der Waals surface area contributed by atoms with Crippen molar-refractivity contribution in [3.8, 4) is 11.4 Å². The minimum absolute atomic E-state index is 0.275. The molecule has 0 saturated heterocycles. The zero-order valence-electron chi connectivity index (χ0n) is 13.2. The standard InChI is InChI=1S/C17H17ClN4O/c1-9-4-5-11(15(18)10(9)2)16-20-17(23-21-16)13-6-12(13)14-7-19-8-22(14)3/h4-5,7-8,12-13H,6H2,1-3H3/t12-,13-/m1/s1. The molecule has 2 aromatic heterocycles. The Bertz CT molecular complexity index is 883. The van der Waals surface area contributed by atoms with Crippen molar-refractivity contribution in [2.75, 3.05) is 0 Å². The van der Waals surface area contributed by atoms with Crippen LogP contribution >= 0.6 is 11.6 Å². The Labute approximate surface area is 139 Å². The summed E-state index contributed by atoms with van der Waals surface area (Å²) < 4.78 is 7.53. The van der Waals surface area contributed by atoms with Gasteiger partial charge in [0.2, 0.25) is 11.7 Å². The van der Waals surface area contributed by atoms with Gasteiger partial charge in [0.15, 0.2) is 0 Å². The molecule has 6 heteroatoms. The number of halogens is 1. The van der Waals surface area contributed by atoms with Crippen LogP contribution < -0.4 is 0 Å². The summed E-state index contributed by atoms with van der Waals surface area (Å²) in [4.78, 5) is 8.74. The average molecular weight is 329 g/mol. The summed E-state index contributed by atoms with van der Waals surface area (Å²) in [6.45, 7) is 4.04. The second kappa shape index (κ2) is 5.20. The van der Waals surface area contributed by atoms with E-state index in [1.165, 1.54) is 5.69 Å². The zero-order valence-corrected chi connectivity index (χ0v) is 14.0. The highest BCUT2D eigenvalue weighted by atomic mass is 35.5. The highest BCUT2D eigenvalue weighted by molar-refractivity contribution is 6.34. The lowest BCUT2D eigenvalue weighted by molar-refractivity contribution is 0.378. The molecule has 1 aromatic carbocycles. The Morgan fingerprint density at radius 2 is 2.09 bits per heavy atom. The van der Waals surface area contributed by atoms with Gasteiger partial charge in [-0.25, -0.2) is 4.98 Å². The van der Waals surface area contributed by atoms with Crippen molar-refractivity contribution in [1.29, 1.82) is 0 Å².